The Hall–Kier alpha value is -0.563. The van der Waals surface area contributed by atoms with Crippen LogP contribution in [0.5, 0.6) is 0 Å². The summed E-state index contributed by atoms with van der Waals surface area (Å²) >= 11 is 5.53. The summed E-state index contributed by atoms with van der Waals surface area (Å²) in [6, 6.07) is 0. The van der Waals surface area contributed by atoms with Crippen molar-refractivity contribution in [2.24, 2.45) is 0 Å². The maximum atomic E-state index is 10.1. The van der Waals surface area contributed by atoms with Crippen LogP contribution in [0.3, 0.4) is 0 Å². The van der Waals surface area contributed by atoms with Gasteiger partial charge in [0.1, 0.15) is 11.5 Å². The molecule has 0 aliphatic heterocycles. The second-order valence-corrected chi connectivity index (χ2v) is 2.25. The Balaban J connectivity index is 0.00000121. The smallest absolute Gasteiger partial charge is 0.550 e. The van der Waals surface area contributed by atoms with Crippen molar-refractivity contribution in [3.63, 3.8) is 0 Å². The van der Waals surface area contributed by atoms with Gasteiger partial charge in [-0.2, -0.15) is 0 Å². The number of carbonyl (C=O) groups excluding carboxylic acids is 1. The van der Waals surface area contributed by atoms with E-state index >= 15 is 0 Å². The van der Waals surface area contributed by atoms with Gasteiger partial charge in [0.2, 0.25) is 0 Å². The molecule has 0 bridgehead atoms. The van der Waals surface area contributed by atoms with Crippen molar-refractivity contribution in [1.82, 2.24) is 9.97 Å². The Kier molecular flexibility index (Phi) is 4.91. The summed E-state index contributed by atoms with van der Waals surface area (Å²) in [4.78, 5) is 17.3. The molecule has 1 aromatic rings. The van der Waals surface area contributed by atoms with Crippen molar-refractivity contribution in [1.29, 1.82) is 0 Å². The van der Waals surface area contributed by atoms with Gasteiger partial charge in [-0.05, 0) is 0 Å². The zero-order valence-electron chi connectivity index (χ0n) is 6.45. The van der Waals surface area contributed by atoms with Crippen LogP contribution >= 0.6 is 11.6 Å². The number of hydrogen-bond donors (Lipinski definition) is 0. The van der Waals surface area contributed by atoms with Gasteiger partial charge in [0.15, 0.2) is 0 Å². The fourth-order valence-corrected chi connectivity index (χ4v) is 0.777. The molecule has 0 atom stereocenters. The molecule has 1 aromatic heterocycles. The summed E-state index contributed by atoms with van der Waals surface area (Å²) in [7, 11) is 0. The number of carboxylic acids is 1. The summed E-state index contributed by atoms with van der Waals surface area (Å²) in [6.45, 7) is 0. The van der Waals surface area contributed by atoms with E-state index in [1.807, 2.05) is 0 Å². The van der Waals surface area contributed by atoms with Gasteiger partial charge >= 0.3 is 18.9 Å². The Morgan fingerprint density at radius 3 is 2.83 bits per heavy atom. The van der Waals surface area contributed by atoms with Gasteiger partial charge in [-0.25, -0.2) is 9.97 Å². The zero-order valence-corrected chi connectivity index (χ0v) is 7.21. The minimum absolute atomic E-state index is 0. The summed E-state index contributed by atoms with van der Waals surface area (Å²) in [6.07, 6.45) is 2.35. The molecule has 0 aromatic carbocycles. The standard InChI is InChI=1S/C6H5ClN2O2.Li/c7-6-4(1-5(10)11)2-8-3-9-6;/h2-3H,1H2,(H,10,11);/q;+1/p-1. The van der Waals surface area contributed by atoms with E-state index in [1.165, 1.54) is 12.5 Å². The zero-order chi connectivity index (χ0) is 8.27. The fourth-order valence-electron chi connectivity index (χ4n) is 0.618. The van der Waals surface area contributed by atoms with Crippen LogP contribution in [0.1, 0.15) is 5.56 Å². The topological polar surface area (TPSA) is 65.9 Å². The predicted octanol–water partition coefficient (Wildman–Crippen LogP) is -3.57. The molecular formula is C6H4ClLiN2O2. The first-order chi connectivity index (χ1) is 5.20. The molecule has 0 saturated heterocycles. The third-order valence-electron chi connectivity index (χ3n) is 1.07. The van der Waals surface area contributed by atoms with E-state index in [0.717, 1.165) is 0 Å². The first-order valence-corrected chi connectivity index (χ1v) is 3.22. The molecule has 12 heavy (non-hydrogen) atoms. The molecule has 0 spiro atoms. The number of nitrogens with zero attached hydrogens (tertiary/aromatic N) is 2. The summed E-state index contributed by atoms with van der Waals surface area (Å²) in [5.41, 5.74) is 0.370. The van der Waals surface area contributed by atoms with E-state index in [-0.39, 0.29) is 30.4 Å². The molecule has 0 unspecified atom stereocenters. The van der Waals surface area contributed by atoms with E-state index in [0.29, 0.717) is 5.56 Å². The number of carbonyl (C=O) groups is 1. The Morgan fingerprint density at radius 1 is 1.67 bits per heavy atom. The second kappa shape index (κ2) is 5.15. The molecule has 6 heteroatoms. The van der Waals surface area contributed by atoms with Gasteiger partial charge in [0.05, 0.1) is 0 Å². The average molecular weight is 179 g/mol. The molecule has 1 rings (SSSR count). The van der Waals surface area contributed by atoms with E-state index in [1.54, 1.807) is 0 Å². The summed E-state index contributed by atoms with van der Waals surface area (Å²) < 4.78 is 0. The summed E-state index contributed by atoms with van der Waals surface area (Å²) in [5.74, 6) is -1.19. The number of halogens is 1. The Bertz CT molecular complexity index is 282. The van der Waals surface area contributed by atoms with Crippen molar-refractivity contribution in [2.45, 2.75) is 6.42 Å². The number of rotatable bonds is 2. The Labute approximate surface area is 86.2 Å². The third kappa shape index (κ3) is 3.22. The third-order valence-corrected chi connectivity index (χ3v) is 1.41. The number of aromatic nitrogens is 2. The van der Waals surface area contributed by atoms with Crippen LogP contribution in [-0.4, -0.2) is 15.9 Å². The monoisotopic (exact) mass is 178 g/mol. The maximum absolute atomic E-state index is 10.1. The van der Waals surface area contributed by atoms with Crippen LogP contribution in [0.4, 0.5) is 0 Å². The van der Waals surface area contributed by atoms with Gasteiger partial charge in [-0.3, -0.25) is 0 Å². The molecule has 0 saturated carbocycles. The first-order valence-electron chi connectivity index (χ1n) is 2.84. The van der Waals surface area contributed by atoms with E-state index < -0.39 is 5.97 Å². The van der Waals surface area contributed by atoms with Crippen molar-refractivity contribution < 1.29 is 28.8 Å². The molecule has 0 radical (unpaired) electrons. The van der Waals surface area contributed by atoms with Crippen LogP contribution < -0.4 is 24.0 Å². The fraction of sp³-hybridized carbons (Fsp3) is 0.167. The predicted molar refractivity (Wildman–Crippen MR) is 35.8 cm³/mol. The first kappa shape index (κ1) is 11.4. The SMILES string of the molecule is O=C([O-])Cc1cncnc1Cl.[Li+]. The van der Waals surface area contributed by atoms with Crippen LogP contribution in [0.2, 0.25) is 5.15 Å². The molecule has 4 nitrogen and oxygen atoms in total. The number of aliphatic carboxylic acids is 1. The van der Waals surface area contributed by atoms with E-state index in [2.05, 4.69) is 9.97 Å². The van der Waals surface area contributed by atoms with Gasteiger partial charge in [-0.15, -0.1) is 0 Å². The minimum atomic E-state index is -1.19. The van der Waals surface area contributed by atoms with Gasteiger partial charge in [0.25, 0.3) is 0 Å². The van der Waals surface area contributed by atoms with Crippen LogP contribution in [0.15, 0.2) is 12.5 Å². The van der Waals surface area contributed by atoms with Crippen molar-refractivity contribution in [3.8, 4) is 0 Å². The van der Waals surface area contributed by atoms with E-state index in [9.17, 15) is 9.90 Å². The average Bonchev–Trinajstić information content (AvgIpc) is 1.93. The van der Waals surface area contributed by atoms with Gasteiger partial charge < -0.3 is 9.90 Å². The van der Waals surface area contributed by atoms with Crippen LogP contribution in [-0.2, 0) is 11.2 Å². The molecular weight excluding hydrogens is 174 g/mol. The Morgan fingerprint density at radius 2 is 2.33 bits per heavy atom. The number of hydrogen-bond acceptors (Lipinski definition) is 4. The molecule has 1 heterocycles. The minimum Gasteiger partial charge on any atom is -0.550 e. The van der Waals surface area contributed by atoms with Crippen molar-refractivity contribution in [3.05, 3.63) is 23.2 Å². The largest absolute Gasteiger partial charge is 1.00 e. The maximum Gasteiger partial charge on any atom is 1.00 e. The van der Waals surface area contributed by atoms with Gasteiger partial charge in [-0.1, -0.05) is 11.6 Å². The summed E-state index contributed by atoms with van der Waals surface area (Å²) in [5, 5.41) is 10.3. The number of carboxylic acid groups (broad SMARTS) is 1. The molecule has 0 N–H and O–H groups in total. The van der Waals surface area contributed by atoms with Crippen LogP contribution in [0, 0.1) is 0 Å². The quantitative estimate of drug-likeness (QED) is 0.347. The molecule has 0 amide bonds. The second-order valence-electron chi connectivity index (χ2n) is 1.89. The van der Waals surface area contributed by atoms with Crippen molar-refractivity contribution in [2.75, 3.05) is 0 Å². The molecule has 0 fully saturated rings. The van der Waals surface area contributed by atoms with E-state index in [4.69, 9.17) is 11.6 Å². The van der Waals surface area contributed by atoms with Crippen molar-refractivity contribution >= 4 is 17.6 Å². The van der Waals surface area contributed by atoms with Gasteiger partial charge in [0, 0.05) is 24.2 Å². The molecule has 58 valence electrons. The molecule has 0 aliphatic rings. The van der Waals surface area contributed by atoms with Crippen LogP contribution in [0.25, 0.3) is 0 Å². The normalized spacial score (nSPS) is 8.75. The molecule has 0 aliphatic carbocycles.